The molecule has 1 N–H and O–H groups in total. The van der Waals surface area contributed by atoms with Crippen molar-refractivity contribution < 1.29 is 4.42 Å². The van der Waals surface area contributed by atoms with Gasteiger partial charge in [-0.2, -0.15) is 11.8 Å². The largest absolute Gasteiger partial charge is 0.467 e. The fourth-order valence-electron chi connectivity index (χ4n) is 1.66. The molecule has 2 aromatic rings. The van der Waals surface area contributed by atoms with Gasteiger partial charge in [-0.15, -0.1) is 0 Å². The number of anilines is 1. The van der Waals surface area contributed by atoms with Crippen molar-refractivity contribution in [3.8, 4) is 0 Å². The minimum Gasteiger partial charge on any atom is -0.467 e. The number of benzene rings is 1. The maximum Gasteiger partial charge on any atom is 0.122 e. The number of furan rings is 1. The third-order valence-electron chi connectivity index (χ3n) is 2.62. The first-order valence-corrected chi connectivity index (χ1v) is 7.47. The third-order valence-corrected chi connectivity index (χ3v) is 3.85. The lowest BCUT2D eigenvalue weighted by molar-refractivity contribution is 0.518. The molecular formula is C15H19NOS. The minimum atomic E-state index is 0.733. The summed E-state index contributed by atoms with van der Waals surface area (Å²) < 4.78 is 5.28. The molecular weight excluding hydrogens is 242 g/mol. The van der Waals surface area contributed by atoms with Crippen molar-refractivity contribution in [2.24, 2.45) is 0 Å². The van der Waals surface area contributed by atoms with E-state index >= 15 is 0 Å². The normalized spacial score (nSPS) is 10.5. The van der Waals surface area contributed by atoms with Gasteiger partial charge in [0.25, 0.3) is 0 Å². The predicted molar refractivity (Wildman–Crippen MR) is 78.9 cm³/mol. The van der Waals surface area contributed by atoms with E-state index in [9.17, 15) is 0 Å². The summed E-state index contributed by atoms with van der Waals surface area (Å²) in [5, 5.41) is 3.34. The summed E-state index contributed by atoms with van der Waals surface area (Å²) in [5.41, 5.74) is 2.52. The van der Waals surface area contributed by atoms with Crippen LogP contribution < -0.4 is 5.32 Å². The zero-order valence-corrected chi connectivity index (χ0v) is 11.5. The first-order chi connectivity index (χ1) is 8.88. The summed E-state index contributed by atoms with van der Waals surface area (Å²) in [6, 6.07) is 12.5. The average Bonchev–Trinajstić information content (AvgIpc) is 2.91. The fraction of sp³-hybridized carbons (Fsp3) is 0.333. The Balaban J connectivity index is 1.80. The van der Waals surface area contributed by atoms with Crippen molar-refractivity contribution in [3.05, 3.63) is 54.0 Å². The van der Waals surface area contributed by atoms with Gasteiger partial charge in [0.1, 0.15) is 5.76 Å². The molecule has 1 aromatic heterocycles. The third kappa shape index (κ3) is 4.15. The zero-order chi connectivity index (χ0) is 12.6. The zero-order valence-electron chi connectivity index (χ0n) is 10.7. The van der Waals surface area contributed by atoms with Gasteiger partial charge in [0, 0.05) is 11.4 Å². The molecule has 2 nitrogen and oxygen atoms in total. The molecule has 0 amide bonds. The number of nitrogens with one attached hydrogen (secondary N) is 1. The quantitative estimate of drug-likeness (QED) is 0.741. The highest BCUT2D eigenvalue weighted by molar-refractivity contribution is 7.98. The van der Waals surface area contributed by atoms with Crippen LogP contribution in [0.25, 0.3) is 0 Å². The second-order valence-corrected chi connectivity index (χ2v) is 5.29. The SMILES string of the molecule is CCCSCc1ccc(NCc2ccco2)cc1. The Morgan fingerprint density at radius 2 is 2.00 bits per heavy atom. The Morgan fingerprint density at radius 1 is 1.17 bits per heavy atom. The van der Waals surface area contributed by atoms with Gasteiger partial charge in [-0.3, -0.25) is 0 Å². The highest BCUT2D eigenvalue weighted by Crippen LogP contribution is 2.16. The molecule has 0 aliphatic rings. The Bertz CT molecular complexity index is 436. The van der Waals surface area contributed by atoms with Crippen LogP contribution in [0, 0.1) is 0 Å². The molecule has 0 fully saturated rings. The molecule has 18 heavy (non-hydrogen) atoms. The molecule has 0 radical (unpaired) electrons. The van der Waals surface area contributed by atoms with Crippen LogP contribution in [0.2, 0.25) is 0 Å². The molecule has 2 rings (SSSR count). The fourth-order valence-corrected chi connectivity index (χ4v) is 2.52. The van der Waals surface area contributed by atoms with E-state index in [1.807, 2.05) is 23.9 Å². The summed E-state index contributed by atoms with van der Waals surface area (Å²) in [6.07, 6.45) is 2.94. The molecule has 0 saturated carbocycles. The minimum absolute atomic E-state index is 0.733. The highest BCUT2D eigenvalue weighted by Gasteiger charge is 1.97. The molecule has 0 bridgehead atoms. The van der Waals surface area contributed by atoms with E-state index < -0.39 is 0 Å². The average molecular weight is 261 g/mol. The molecule has 1 aromatic carbocycles. The van der Waals surface area contributed by atoms with E-state index in [-0.39, 0.29) is 0 Å². The van der Waals surface area contributed by atoms with Gasteiger partial charge in [0.15, 0.2) is 0 Å². The van der Waals surface area contributed by atoms with Crippen LogP contribution in [-0.4, -0.2) is 5.75 Å². The van der Waals surface area contributed by atoms with E-state index in [0.29, 0.717) is 0 Å². The number of hydrogen-bond acceptors (Lipinski definition) is 3. The van der Waals surface area contributed by atoms with Crippen molar-refractivity contribution >= 4 is 17.4 Å². The molecule has 0 aliphatic heterocycles. The Morgan fingerprint density at radius 3 is 2.67 bits per heavy atom. The smallest absolute Gasteiger partial charge is 0.122 e. The van der Waals surface area contributed by atoms with Crippen LogP contribution in [0.1, 0.15) is 24.7 Å². The van der Waals surface area contributed by atoms with Gasteiger partial charge < -0.3 is 9.73 Å². The topological polar surface area (TPSA) is 25.2 Å². The van der Waals surface area contributed by atoms with E-state index in [2.05, 4.69) is 36.5 Å². The first kappa shape index (κ1) is 13.1. The van der Waals surface area contributed by atoms with E-state index in [1.54, 1.807) is 6.26 Å². The molecule has 0 atom stereocenters. The Labute approximate surface area is 113 Å². The van der Waals surface area contributed by atoms with Crippen molar-refractivity contribution in [2.75, 3.05) is 11.1 Å². The van der Waals surface area contributed by atoms with Crippen LogP contribution in [0.15, 0.2) is 47.1 Å². The summed E-state index contributed by atoms with van der Waals surface area (Å²) in [4.78, 5) is 0. The lowest BCUT2D eigenvalue weighted by atomic mass is 10.2. The Hall–Kier alpha value is -1.35. The van der Waals surface area contributed by atoms with E-state index in [4.69, 9.17) is 4.42 Å². The molecule has 0 spiro atoms. The van der Waals surface area contributed by atoms with Gasteiger partial charge in [0.05, 0.1) is 12.8 Å². The van der Waals surface area contributed by atoms with E-state index in [0.717, 1.165) is 23.7 Å². The maximum absolute atomic E-state index is 5.28. The standard InChI is InChI=1S/C15H19NOS/c1-2-10-18-12-13-5-7-14(8-6-13)16-11-15-4-3-9-17-15/h3-9,16H,2,10-12H2,1H3. The number of hydrogen-bond donors (Lipinski definition) is 1. The molecule has 3 heteroatoms. The van der Waals surface area contributed by atoms with Gasteiger partial charge >= 0.3 is 0 Å². The van der Waals surface area contributed by atoms with E-state index in [1.165, 1.54) is 17.7 Å². The van der Waals surface area contributed by atoms with Crippen LogP contribution >= 0.6 is 11.8 Å². The van der Waals surface area contributed by atoms with Crippen LogP contribution in [0.4, 0.5) is 5.69 Å². The second kappa shape index (κ2) is 7.17. The molecule has 0 unspecified atom stereocenters. The van der Waals surface area contributed by atoms with Crippen molar-refractivity contribution in [2.45, 2.75) is 25.6 Å². The molecule has 96 valence electrons. The van der Waals surface area contributed by atoms with Crippen molar-refractivity contribution in [3.63, 3.8) is 0 Å². The molecule has 0 aliphatic carbocycles. The van der Waals surface area contributed by atoms with Gasteiger partial charge in [0.2, 0.25) is 0 Å². The van der Waals surface area contributed by atoms with Crippen LogP contribution in [-0.2, 0) is 12.3 Å². The second-order valence-electron chi connectivity index (χ2n) is 4.18. The summed E-state index contributed by atoms with van der Waals surface area (Å²) in [6.45, 7) is 2.95. The van der Waals surface area contributed by atoms with Crippen molar-refractivity contribution in [1.82, 2.24) is 0 Å². The lowest BCUT2D eigenvalue weighted by Gasteiger charge is -2.06. The monoisotopic (exact) mass is 261 g/mol. The maximum atomic E-state index is 5.28. The first-order valence-electron chi connectivity index (χ1n) is 6.31. The van der Waals surface area contributed by atoms with Gasteiger partial charge in [-0.25, -0.2) is 0 Å². The van der Waals surface area contributed by atoms with Crippen LogP contribution in [0.5, 0.6) is 0 Å². The molecule has 1 heterocycles. The number of rotatable bonds is 7. The van der Waals surface area contributed by atoms with Gasteiger partial charge in [-0.05, 0) is 42.0 Å². The van der Waals surface area contributed by atoms with Crippen LogP contribution in [0.3, 0.4) is 0 Å². The summed E-state index contributed by atoms with van der Waals surface area (Å²) in [7, 11) is 0. The number of thioether (sulfide) groups is 1. The Kier molecular flexibility index (Phi) is 5.21. The highest BCUT2D eigenvalue weighted by atomic mass is 32.2. The molecule has 0 saturated heterocycles. The predicted octanol–water partition coefficient (Wildman–Crippen LogP) is 4.53. The van der Waals surface area contributed by atoms with Crippen molar-refractivity contribution in [1.29, 1.82) is 0 Å². The lowest BCUT2D eigenvalue weighted by Crippen LogP contribution is -1.97. The van der Waals surface area contributed by atoms with Gasteiger partial charge in [-0.1, -0.05) is 19.1 Å². The summed E-state index contributed by atoms with van der Waals surface area (Å²) in [5.74, 6) is 3.29. The summed E-state index contributed by atoms with van der Waals surface area (Å²) >= 11 is 1.99.